The average molecular weight is 392 g/mol. The van der Waals surface area contributed by atoms with Gasteiger partial charge in [0.05, 0.1) is 0 Å². The second-order valence-electron chi connectivity index (χ2n) is 5.24. The number of hydrogen-bond acceptors (Lipinski definition) is 4. The first kappa shape index (κ1) is 18.0. The number of carbonyl (C=O) groups is 2. The monoisotopic (exact) mass is 391 g/mol. The predicted octanol–water partition coefficient (Wildman–Crippen LogP) is 3.71. The van der Waals surface area contributed by atoms with Crippen molar-refractivity contribution in [2.45, 2.75) is 20.0 Å². The molecule has 2 aromatic rings. The standard InChI is InChI=1S/C18H18BrNO4/c1-12-5-3-8-16(9-12)24-13(2)18(22)23-11-17(21)20-15-7-4-6-14(19)10-15/h3-10,13H,11H2,1-2H3,(H,20,21)/t13-/m1/s1. The van der Waals surface area contributed by atoms with Crippen molar-refractivity contribution >= 4 is 33.5 Å². The van der Waals surface area contributed by atoms with Crippen LogP contribution in [0.4, 0.5) is 5.69 Å². The third-order valence-electron chi connectivity index (χ3n) is 3.09. The number of anilines is 1. The minimum atomic E-state index is -0.800. The van der Waals surface area contributed by atoms with Crippen molar-refractivity contribution in [1.29, 1.82) is 0 Å². The second kappa shape index (κ2) is 8.49. The molecule has 0 aromatic heterocycles. The van der Waals surface area contributed by atoms with E-state index in [-0.39, 0.29) is 6.61 Å². The highest BCUT2D eigenvalue weighted by Crippen LogP contribution is 2.16. The maximum absolute atomic E-state index is 11.9. The lowest BCUT2D eigenvalue weighted by atomic mass is 10.2. The van der Waals surface area contributed by atoms with E-state index in [1.165, 1.54) is 0 Å². The number of carbonyl (C=O) groups excluding carboxylic acids is 2. The number of halogens is 1. The molecule has 0 bridgehead atoms. The van der Waals surface area contributed by atoms with Crippen molar-refractivity contribution in [1.82, 2.24) is 0 Å². The van der Waals surface area contributed by atoms with Gasteiger partial charge in [0.1, 0.15) is 5.75 Å². The van der Waals surface area contributed by atoms with E-state index in [9.17, 15) is 9.59 Å². The molecule has 0 aliphatic carbocycles. The molecule has 0 aliphatic heterocycles. The van der Waals surface area contributed by atoms with Gasteiger partial charge in [-0.25, -0.2) is 4.79 Å². The third kappa shape index (κ3) is 5.70. The quantitative estimate of drug-likeness (QED) is 0.762. The highest BCUT2D eigenvalue weighted by molar-refractivity contribution is 9.10. The van der Waals surface area contributed by atoms with Gasteiger partial charge in [0.25, 0.3) is 5.91 Å². The fourth-order valence-corrected chi connectivity index (χ4v) is 2.36. The van der Waals surface area contributed by atoms with E-state index < -0.39 is 18.0 Å². The van der Waals surface area contributed by atoms with E-state index in [0.29, 0.717) is 11.4 Å². The van der Waals surface area contributed by atoms with Crippen LogP contribution in [-0.2, 0) is 14.3 Å². The molecular weight excluding hydrogens is 374 g/mol. The van der Waals surface area contributed by atoms with Crippen LogP contribution in [0.3, 0.4) is 0 Å². The number of benzene rings is 2. The number of esters is 1. The number of amides is 1. The molecule has 6 heteroatoms. The molecule has 0 fully saturated rings. The first-order chi connectivity index (χ1) is 11.4. The Morgan fingerprint density at radius 2 is 1.92 bits per heavy atom. The summed E-state index contributed by atoms with van der Waals surface area (Å²) in [7, 11) is 0. The van der Waals surface area contributed by atoms with E-state index in [4.69, 9.17) is 9.47 Å². The Labute approximate surface area is 149 Å². The molecule has 0 saturated carbocycles. The van der Waals surface area contributed by atoms with E-state index in [2.05, 4.69) is 21.2 Å². The third-order valence-corrected chi connectivity index (χ3v) is 3.58. The van der Waals surface area contributed by atoms with Crippen LogP contribution in [0.2, 0.25) is 0 Å². The van der Waals surface area contributed by atoms with E-state index in [0.717, 1.165) is 10.0 Å². The van der Waals surface area contributed by atoms with Crippen LogP contribution in [0, 0.1) is 6.92 Å². The fourth-order valence-electron chi connectivity index (χ4n) is 1.96. The topological polar surface area (TPSA) is 64.6 Å². The molecule has 1 amide bonds. The van der Waals surface area contributed by atoms with Gasteiger partial charge in [-0.15, -0.1) is 0 Å². The summed E-state index contributed by atoms with van der Waals surface area (Å²) in [5, 5.41) is 2.65. The number of ether oxygens (including phenoxy) is 2. The maximum atomic E-state index is 11.9. The Morgan fingerprint density at radius 1 is 1.17 bits per heavy atom. The van der Waals surface area contributed by atoms with Gasteiger partial charge in [0.15, 0.2) is 12.7 Å². The summed E-state index contributed by atoms with van der Waals surface area (Å²) < 4.78 is 11.3. The molecule has 0 spiro atoms. The SMILES string of the molecule is Cc1cccc(O[C@H](C)C(=O)OCC(=O)Nc2cccc(Br)c2)c1. The van der Waals surface area contributed by atoms with Gasteiger partial charge >= 0.3 is 5.97 Å². The van der Waals surface area contributed by atoms with Crippen molar-refractivity contribution in [2.75, 3.05) is 11.9 Å². The zero-order chi connectivity index (χ0) is 17.5. The minimum Gasteiger partial charge on any atom is -0.479 e. The van der Waals surface area contributed by atoms with Gasteiger partial charge in [-0.2, -0.15) is 0 Å². The van der Waals surface area contributed by atoms with E-state index in [1.807, 2.05) is 31.2 Å². The van der Waals surface area contributed by atoms with Crippen molar-refractivity contribution in [3.05, 3.63) is 58.6 Å². The van der Waals surface area contributed by atoms with Crippen LogP contribution >= 0.6 is 15.9 Å². The van der Waals surface area contributed by atoms with Crippen molar-refractivity contribution < 1.29 is 19.1 Å². The molecule has 2 aromatic carbocycles. The number of rotatable bonds is 6. The first-order valence-corrected chi connectivity index (χ1v) is 8.19. The first-order valence-electron chi connectivity index (χ1n) is 7.39. The number of aryl methyl sites for hydroxylation is 1. The van der Waals surface area contributed by atoms with Gasteiger partial charge in [-0.05, 0) is 49.7 Å². The zero-order valence-electron chi connectivity index (χ0n) is 13.4. The van der Waals surface area contributed by atoms with E-state index >= 15 is 0 Å². The summed E-state index contributed by atoms with van der Waals surface area (Å²) in [6.45, 7) is 3.14. The van der Waals surface area contributed by atoms with Crippen molar-refractivity contribution in [3.8, 4) is 5.75 Å². The Balaban J connectivity index is 1.80. The van der Waals surface area contributed by atoms with Gasteiger partial charge in [-0.1, -0.05) is 34.1 Å². The summed E-state index contributed by atoms with van der Waals surface area (Å²) in [5.41, 5.74) is 1.65. The number of nitrogens with one attached hydrogen (secondary N) is 1. The van der Waals surface area contributed by atoms with Crippen molar-refractivity contribution in [3.63, 3.8) is 0 Å². The van der Waals surface area contributed by atoms with Crippen LogP contribution in [0.1, 0.15) is 12.5 Å². The minimum absolute atomic E-state index is 0.368. The van der Waals surface area contributed by atoms with Crippen LogP contribution < -0.4 is 10.1 Å². The highest BCUT2D eigenvalue weighted by atomic mass is 79.9. The molecule has 0 radical (unpaired) electrons. The molecule has 1 atom stereocenters. The summed E-state index contributed by atoms with van der Waals surface area (Å²) in [6.07, 6.45) is -0.800. The molecule has 1 N–H and O–H groups in total. The molecule has 0 saturated heterocycles. The molecule has 5 nitrogen and oxygen atoms in total. The maximum Gasteiger partial charge on any atom is 0.347 e. The lowest BCUT2D eigenvalue weighted by Gasteiger charge is -2.14. The molecule has 0 unspecified atom stereocenters. The smallest absolute Gasteiger partial charge is 0.347 e. The molecule has 126 valence electrons. The van der Waals surface area contributed by atoms with Crippen LogP contribution in [0.5, 0.6) is 5.75 Å². The molecule has 0 heterocycles. The average Bonchev–Trinajstić information content (AvgIpc) is 2.52. The lowest BCUT2D eigenvalue weighted by Crippen LogP contribution is -2.29. The Hall–Kier alpha value is -2.34. The van der Waals surface area contributed by atoms with Crippen LogP contribution in [0.25, 0.3) is 0 Å². The summed E-state index contributed by atoms with van der Waals surface area (Å²) in [6, 6.07) is 14.5. The highest BCUT2D eigenvalue weighted by Gasteiger charge is 2.18. The molecule has 2 rings (SSSR count). The second-order valence-corrected chi connectivity index (χ2v) is 6.16. The largest absolute Gasteiger partial charge is 0.479 e. The Bertz CT molecular complexity index is 732. The fraction of sp³-hybridized carbons (Fsp3) is 0.222. The summed E-state index contributed by atoms with van der Waals surface area (Å²) in [5.74, 6) is -0.428. The van der Waals surface area contributed by atoms with Gasteiger partial charge in [-0.3, -0.25) is 4.79 Å². The molecule has 0 aliphatic rings. The van der Waals surface area contributed by atoms with Gasteiger partial charge in [0, 0.05) is 10.2 Å². The van der Waals surface area contributed by atoms with E-state index in [1.54, 1.807) is 31.2 Å². The Kier molecular flexibility index (Phi) is 6.37. The zero-order valence-corrected chi connectivity index (χ0v) is 15.0. The lowest BCUT2D eigenvalue weighted by molar-refractivity contribution is -0.153. The predicted molar refractivity (Wildman–Crippen MR) is 95.0 cm³/mol. The molecular formula is C18H18BrNO4. The molecule has 24 heavy (non-hydrogen) atoms. The normalized spacial score (nSPS) is 11.5. The summed E-state index contributed by atoms with van der Waals surface area (Å²) >= 11 is 3.32. The van der Waals surface area contributed by atoms with Crippen LogP contribution in [0.15, 0.2) is 53.0 Å². The number of hydrogen-bond donors (Lipinski definition) is 1. The van der Waals surface area contributed by atoms with Gasteiger partial charge < -0.3 is 14.8 Å². The van der Waals surface area contributed by atoms with Crippen LogP contribution in [-0.4, -0.2) is 24.6 Å². The summed E-state index contributed by atoms with van der Waals surface area (Å²) in [4.78, 5) is 23.7. The Morgan fingerprint density at radius 3 is 2.62 bits per heavy atom. The van der Waals surface area contributed by atoms with Gasteiger partial charge in [0.2, 0.25) is 0 Å². The van der Waals surface area contributed by atoms with Crippen molar-refractivity contribution in [2.24, 2.45) is 0 Å².